The lowest BCUT2D eigenvalue weighted by Gasteiger charge is -2.26. The monoisotopic (exact) mass is 466 g/mol. The van der Waals surface area contributed by atoms with Crippen molar-refractivity contribution in [2.75, 3.05) is 69.8 Å². The molecular formula is C26H34N4O4. The first-order valence-electron chi connectivity index (χ1n) is 12.1. The summed E-state index contributed by atoms with van der Waals surface area (Å²) in [6, 6.07) is 12.7. The van der Waals surface area contributed by atoms with E-state index in [0.29, 0.717) is 29.1 Å². The number of morpholine rings is 1. The number of hydrogen-bond donors (Lipinski definition) is 2. The number of nitrogens with one attached hydrogen (secondary N) is 2. The number of rotatable bonds is 9. The van der Waals surface area contributed by atoms with Gasteiger partial charge in [-0.1, -0.05) is 12.1 Å². The molecule has 34 heavy (non-hydrogen) atoms. The standard InChI is InChI=1S/C26H34N4O4/c1-33-24-8-3-2-7-21(24)26(32)28-20-9-10-23(30-13-4-5-14-30)22(19-20)25(31)27-11-6-12-29-15-17-34-18-16-29/h2-3,7-10,19H,4-6,11-18H2,1H3,(H,27,31)(H,28,32). The summed E-state index contributed by atoms with van der Waals surface area (Å²) in [6.07, 6.45) is 3.12. The summed E-state index contributed by atoms with van der Waals surface area (Å²) in [6.45, 7) is 6.86. The van der Waals surface area contributed by atoms with Gasteiger partial charge >= 0.3 is 0 Å². The molecule has 0 radical (unpaired) electrons. The fraction of sp³-hybridized carbons (Fsp3) is 0.462. The number of benzene rings is 2. The van der Waals surface area contributed by atoms with Crippen molar-refractivity contribution in [1.29, 1.82) is 0 Å². The molecule has 2 aliphatic heterocycles. The van der Waals surface area contributed by atoms with Gasteiger partial charge in [-0.15, -0.1) is 0 Å². The Morgan fingerprint density at radius 2 is 1.74 bits per heavy atom. The number of ether oxygens (including phenoxy) is 2. The van der Waals surface area contributed by atoms with E-state index in [1.165, 1.54) is 0 Å². The van der Waals surface area contributed by atoms with Crippen LogP contribution >= 0.6 is 0 Å². The summed E-state index contributed by atoms with van der Waals surface area (Å²) in [5, 5.41) is 6.00. The summed E-state index contributed by atoms with van der Waals surface area (Å²) >= 11 is 0. The van der Waals surface area contributed by atoms with Gasteiger partial charge in [0, 0.05) is 44.1 Å². The van der Waals surface area contributed by atoms with Crippen molar-refractivity contribution in [1.82, 2.24) is 10.2 Å². The third-order valence-corrected chi connectivity index (χ3v) is 6.34. The van der Waals surface area contributed by atoms with Crippen molar-refractivity contribution < 1.29 is 19.1 Å². The minimum absolute atomic E-state index is 0.114. The van der Waals surface area contributed by atoms with Crippen LogP contribution in [0, 0.1) is 0 Å². The highest BCUT2D eigenvalue weighted by atomic mass is 16.5. The fourth-order valence-electron chi connectivity index (χ4n) is 4.48. The zero-order valence-electron chi connectivity index (χ0n) is 19.8. The van der Waals surface area contributed by atoms with E-state index in [1.807, 2.05) is 18.2 Å². The van der Waals surface area contributed by atoms with Gasteiger partial charge in [-0.05, 0) is 56.1 Å². The van der Waals surface area contributed by atoms with Crippen molar-refractivity contribution in [2.24, 2.45) is 0 Å². The lowest BCUT2D eigenvalue weighted by Crippen LogP contribution is -2.38. The number of nitrogens with zero attached hydrogens (tertiary/aromatic N) is 2. The average Bonchev–Trinajstić information content (AvgIpc) is 3.42. The SMILES string of the molecule is COc1ccccc1C(=O)Nc1ccc(N2CCCC2)c(C(=O)NCCCN2CCOCC2)c1. The van der Waals surface area contributed by atoms with Crippen molar-refractivity contribution in [3.05, 3.63) is 53.6 Å². The molecule has 0 aliphatic carbocycles. The van der Waals surface area contributed by atoms with Crippen LogP contribution < -0.4 is 20.3 Å². The van der Waals surface area contributed by atoms with Crippen LogP contribution in [0.5, 0.6) is 5.75 Å². The minimum Gasteiger partial charge on any atom is -0.496 e. The van der Waals surface area contributed by atoms with Gasteiger partial charge in [-0.2, -0.15) is 0 Å². The number of hydrogen-bond acceptors (Lipinski definition) is 6. The molecular weight excluding hydrogens is 432 g/mol. The molecule has 2 fully saturated rings. The van der Waals surface area contributed by atoms with Crippen LogP contribution in [0.3, 0.4) is 0 Å². The van der Waals surface area contributed by atoms with Gasteiger partial charge in [0.1, 0.15) is 5.75 Å². The van der Waals surface area contributed by atoms with Crippen LogP contribution in [-0.2, 0) is 4.74 Å². The Kier molecular flexibility index (Phi) is 8.38. The quantitative estimate of drug-likeness (QED) is 0.553. The Morgan fingerprint density at radius 1 is 0.971 bits per heavy atom. The van der Waals surface area contributed by atoms with Crippen LogP contribution in [0.2, 0.25) is 0 Å². The van der Waals surface area contributed by atoms with Crippen LogP contribution in [-0.4, -0.2) is 76.3 Å². The second-order valence-electron chi connectivity index (χ2n) is 8.64. The first-order valence-corrected chi connectivity index (χ1v) is 12.1. The number of methoxy groups -OCH3 is 1. The zero-order valence-corrected chi connectivity index (χ0v) is 19.8. The molecule has 8 nitrogen and oxygen atoms in total. The molecule has 0 spiro atoms. The Morgan fingerprint density at radius 3 is 2.50 bits per heavy atom. The van der Waals surface area contributed by atoms with Gasteiger partial charge in [0.05, 0.1) is 31.5 Å². The fourth-order valence-corrected chi connectivity index (χ4v) is 4.48. The first kappa shape index (κ1) is 24.0. The molecule has 0 bridgehead atoms. The molecule has 2 N–H and O–H groups in total. The predicted molar refractivity (Wildman–Crippen MR) is 133 cm³/mol. The Hall–Kier alpha value is -3.10. The van der Waals surface area contributed by atoms with Crippen molar-refractivity contribution in [3.63, 3.8) is 0 Å². The molecule has 2 aromatic rings. The maximum absolute atomic E-state index is 13.2. The van der Waals surface area contributed by atoms with Gasteiger partial charge < -0.3 is 25.0 Å². The summed E-state index contributed by atoms with van der Waals surface area (Å²) in [5.74, 6) is 0.118. The van der Waals surface area contributed by atoms with Crippen LogP contribution in [0.1, 0.15) is 40.0 Å². The summed E-state index contributed by atoms with van der Waals surface area (Å²) in [7, 11) is 1.54. The molecule has 182 valence electrons. The summed E-state index contributed by atoms with van der Waals surface area (Å²) < 4.78 is 10.7. The van der Waals surface area contributed by atoms with E-state index in [4.69, 9.17) is 9.47 Å². The van der Waals surface area contributed by atoms with Crippen LogP contribution in [0.25, 0.3) is 0 Å². The number of amides is 2. The van der Waals surface area contributed by atoms with Crippen LogP contribution in [0.15, 0.2) is 42.5 Å². The maximum atomic E-state index is 13.2. The smallest absolute Gasteiger partial charge is 0.259 e. The van der Waals surface area contributed by atoms with Gasteiger partial charge in [-0.25, -0.2) is 0 Å². The van der Waals surface area contributed by atoms with E-state index in [0.717, 1.165) is 70.9 Å². The summed E-state index contributed by atoms with van der Waals surface area (Å²) in [4.78, 5) is 30.6. The molecule has 0 unspecified atom stereocenters. The van der Waals surface area contributed by atoms with E-state index >= 15 is 0 Å². The molecule has 8 heteroatoms. The molecule has 0 aromatic heterocycles. The normalized spacial score (nSPS) is 16.3. The minimum atomic E-state index is -0.275. The molecule has 2 saturated heterocycles. The lowest BCUT2D eigenvalue weighted by molar-refractivity contribution is 0.0374. The molecule has 4 rings (SSSR count). The van der Waals surface area contributed by atoms with Crippen molar-refractivity contribution >= 4 is 23.2 Å². The van der Waals surface area contributed by atoms with Gasteiger partial charge in [0.2, 0.25) is 0 Å². The van der Waals surface area contributed by atoms with E-state index < -0.39 is 0 Å². The van der Waals surface area contributed by atoms with Crippen molar-refractivity contribution in [2.45, 2.75) is 19.3 Å². The molecule has 2 aliphatic rings. The Balaban J connectivity index is 1.44. The Labute approximate surface area is 201 Å². The molecule has 2 heterocycles. The Bertz CT molecular complexity index is 985. The molecule has 0 saturated carbocycles. The first-order chi connectivity index (χ1) is 16.7. The van der Waals surface area contributed by atoms with Gasteiger partial charge in [0.25, 0.3) is 11.8 Å². The number of carbonyl (C=O) groups is 2. The molecule has 2 amide bonds. The van der Waals surface area contributed by atoms with E-state index in [-0.39, 0.29) is 11.8 Å². The van der Waals surface area contributed by atoms with E-state index in [9.17, 15) is 9.59 Å². The van der Waals surface area contributed by atoms with Crippen molar-refractivity contribution in [3.8, 4) is 5.75 Å². The van der Waals surface area contributed by atoms with E-state index in [2.05, 4.69) is 20.4 Å². The second kappa shape index (κ2) is 11.9. The highest BCUT2D eigenvalue weighted by Gasteiger charge is 2.21. The van der Waals surface area contributed by atoms with Crippen LogP contribution in [0.4, 0.5) is 11.4 Å². The second-order valence-corrected chi connectivity index (χ2v) is 8.64. The van der Waals surface area contributed by atoms with Gasteiger partial charge in [0.15, 0.2) is 0 Å². The zero-order chi connectivity index (χ0) is 23.8. The third-order valence-electron chi connectivity index (χ3n) is 6.34. The number of carbonyl (C=O) groups excluding carboxylic acids is 2. The average molecular weight is 467 g/mol. The largest absolute Gasteiger partial charge is 0.496 e. The predicted octanol–water partition coefficient (Wildman–Crippen LogP) is 3.00. The topological polar surface area (TPSA) is 83.1 Å². The highest BCUT2D eigenvalue weighted by molar-refractivity contribution is 6.07. The number of anilines is 2. The third kappa shape index (κ3) is 6.07. The van der Waals surface area contributed by atoms with E-state index in [1.54, 1.807) is 31.4 Å². The number of para-hydroxylation sites is 1. The highest BCUT2D eigenvalue weighted by Crippen LogP contribution is 2.28. The maximum Gasteiger partial charge on any atom is 0.259 e. The van der Waals surface area contributed by atoms with Gasteiger partial charge in [-0.3, -0.25) is 14.5 Å². The molecule has 0 atom stereocenters. The lowest BCUT2D eigenvalue weighted by atomic mass is 10.1. The summed E-state index contributed by atoms with van der Waals surface area (Å²) in [5.41, 5.74) is 2.53. The molecule has 2 aromatic carbocycles.